The van der Waals surface area contributed by atoms with Gasteiger partial charge in [0.25, 0.3) is 5.56 Å². The molecule has 8 heteroatoms. The second-order valence-electron chi connectivity index (χ2n) is 8.98. The molecule has 2 heterocycles. The molecule has 6 nitrogen and oxygen atoms in total. The van der Waals surface area contributed by atoms with Crippen LogP contribution in [-0.4, -0.2) is 19.8 Å². The SMILES string of the molecule is CC(CCC(C)C)=Nn1c(-c2ccccc2F)csc1=Nc1c(C)n(C)n(-c2ccccc2)c1=O. The second-order valence-corrected chi connectivity index (χ2v) is 9.82. The fourth-order valence-electron chi connectivity index (χ4n) is 3.83. The molecular weight excluding hydrogens is 461 g/mol. The van der Waals surface area contributed by atoms with E-state index < -0.39 is 0 Å². The van der Waals surface area contributed by atoms with Gasteiger partial charge >= 0.3 is 0 Å². The van der Waals surface area contributed by atoms with Gasteiger partial charge in [-0.15, -0.1) is 11.3 Å². The fraction of sp³-hybridized carbons (Fsp3) is 0.296. The van der Waals surface area contributed by atoms with E-state index in [1.807, 2.05) is 56.6 Å². The van der Waals surface area contributed by atoms with Crippen LogP contribution in [0.25, 0.3) is 16.9 Å². The highest BCUT2D eigenvalue weighted by Crippen LogP contribution is 2.24. The molecular formula is C27H30FN5OS. The van der Waals surface area contributed by atoms with Crippen molar-refractivity contribution in [3.63, 3.8) is 0 Å². The van der Waals surface area contributed by atoms with E-state index in [1.54, 1.807) is 32.2 Å². The van der Waals surface area contributed by atoms with Crippen molar-refractivity contribution >= 4 is 22.7 Å². The van der Waals surface area contributed by atoms with E-state index in [-0.39, 0.29) is 11.4 Å². The van der Waals surface area contributed by atoms with Crippen LogP contribution >= 0.6 is 11.3 Å². The van der Waals surface area contributed by atoms with E-state index in [9.17, 15) is 9.18 Å². The molecule has 0 radical (unpaired) electrons. The zero-order valence-corrected chi connectivity index (χ0v) is 21.5. The van der Waals surface area contributed by atoms with Gasteiger partial charge in [-0.1, -0.05) is 44.2 Å². The Morgan fingerprint density at radius 2 is 1.77 bits per heavy atom. The number of nitrogens with zero attached hydrogens (tertiary/aromatic N) is 5. The van der Waals surface area contributed by atoms with Gasteiger partial charge in [-0.2, -0.15) is 5.10 Å². The van der Waals surface area contributed by atoms with E-state index in [0.717, 1.165) is 29.9 Å². The molecule has 2 aromatic carbocycles. The first-order valence-electron chi connectivity index (χ1n) is 11.7. The van der Waals surface area contributed by atoms with Crippen molar-refractivity contribution in [1.29, 1.82) is 0 Å². The lowest BCUT2D eigenvalue weighted by Crippen LogP contribution is -2.20. The summed E-state index contributed by atoms with van der Waals surface area (Å²) in [6.45, 7) is 8.18. The summed E-state index contributed by atoms with van der Waals surface area (Å²) in [5.74, 6) is 0.217. The summed E-state index contributed by atoms with van der Waals surface area (Å²) >= 11 is 1.33. The minimum absolute atomic E-state index is 0.218. The third-order valence-electron chi connectivity index (χ3n) is 5.92. The minimum atomic E-state index is -0.331. The zero-order valence-electron chi connectivity index (χ0n) is 20.7. The molecule has 0 N–H and O–H groups in total. The lowest BCUT2D eigenvalue weighted by molar-refractivity contribution is 0.601. The van der Waals surface area contributed by atoms with Crippen LogP contribution in [0.4, 0.5) is 10.1 Å². The van der Waals surface area contributed by atoms with Gasteiger partial charge in [-0.3, -0.25) is 9.48 Å². The van der Waals surface area contributed by atoms with E-state index >= 15 is 0 Å². The molecule has 0 aliphatic heterocycles. The molecule has 182 valence electrons. The number of hydrogen-bond acceptors (Lipinski definition) is 4. The van der Waals surface area contributed by atoms with Crippen molar-refractivity contribution in [2.75, 3.05) is 0 Å². The van der Waals surface area contributed by atoms with E-state index in [1.165, 1.54) is 17.4 Å². The molecule has 4 aromatic rings. The van der Waals surface area contributed by atoms with Crippen LogP contribution in [0.1, 0.15) is 39.3 Å². The molecule has 0 spiro atoms. The number of hydrogen-bond donors (Lipinski definition) is 0. The first-order chi connectivity index (χ1) is 16.8. The minimum Gasteiger partial charge on any atom is -0.283 e. The Bertz CT molecular complexity index is 1490. The Morgan fingerprint density at radius 3 is 2.46 bits per heavy atom. The summed E-state index contributed by atoms with van der Waals surface area (Å²) in [4.78, 5) is 18.7. The summed E-state index contributed by atoms with van der Waals surface area (Å²) in [6, 6.07) is 16.1. The molecule has 0 saturated heterocycles. The Kier molecular flexibility index (Phi) is 7.31. The van der Waals surface area contributed by atoms with Crippen molar-refractivity contribution in [3.8, 4) is 16.9 Å². The van der Waals surface area contributed by atoms with Crippen LogP contribution in [-0.2, 0) is 7.05 Å². The fourth-order valence-corrected chi connectivity index (χ4v) is 4.65. The van der Waals surface area contributed by atoms with Crippen molar-refractivity contribution in [1.82, 2.24) is 14.0 Å². The summed E-state index contributed by atoms with van der Waals surface area (Å²) in [7, 11) is 1.84. The topological polar surface area (TPSA) is 56.6 Å². The zero-order chi connectivity index (χ0) is 25.1. The highest BCUT2D eigenvalue weighted by atomic mass is 32.1. The monoisotopic (exact) mass is 491 g/mol. The number of para-hydroxylation sites is 1. The van der Waals surface area contributed by atoms with Gasteiger partial charge in [0.2, 0.25) is 4.80 Å². The van der Waals surface area contributed by atoms with Gasteiger partial charge in [0.05, 0.1) is 17.1 Å². The molecule has 0 atom stereocenters. The predicted octanol–water partition coefficient (Wildman–Crippen LogP) is 6.05. The van der Waals surface area contributed by atoms with Gasteiger partial charge in [0, 0.05) is 23.7 Å². The molecule has 0 saturated carbocycles. The van der Waals surface area contributed by atoms with E-state index in [2.05, 4.69) is 13.8 Å². The van der Waals surface area contributed by atoms with Crippen LogP contribution in [0.5, 0.6) is 0 Å². The maximum atomic E-state index is 14.7. The predicted molar refractivity (Wildman–Crippen MR) is 141 cm³/mol. The number of thiazole rings is 1. The van der Waals surface area contributed by atoms with Crippen LogP contribution in [0.15, 0.2) is 74.9 Å². The van der Waals surface area contributed by atoms with Crippen LogP contribution in [0.2, 0.25) is 0 Å². The largest absolute Gasteiger partial charge is 0.297 e. The number of aromatic nitrogens is 3. The van der Waals surface area contributed by atoms with Crippen LogP contribution in [0.3, 0.4) is 0 Å². The number of benzene rings is 2. The average Bonchev–Trinajstić information content (AvgIpc) is 3.32. The summed E-state index contributed by atoms with van der Waals surface area (Å²) < 4.78 is 19.8. The Balaban J connectivity index is 1.91. The second kappa shape index (κ2) is 10.4. The Labute approximate surface area is 208 Å². The molecule has 35 heavy (non-hydrogen) atoms. The molecule has 0 fully saturated rings. The molecule has 2 aromatic heterocycles. The Morgan fingerprint density at radius 1 is 1.09 bits per heavy atom. The third-order valence-corrected chi connectivity index (χ3v) is 6.74. The highest BCUT2D eigenvalue weighted by Gasteiger charge is 2.17. The molecule has 0 aliphatic rings. The standard InChI is InChI=1S/C27H30FN5OS/c1-18(2)15-16-19(3)30-32-24(22-13-9-10-14-23(22)28)17-35-27(32)29-25-20(4)31(5)33(26(25)34)21-11-7-6-8-12-21/h6-14,17-18H,15-16H2,1-5H3. The first kappa shape index (κ1) is 24.6. The molecule has 0 bridgehead atoms. The quantitative estimate of drug-likeness (QED) is 0.291. The first-order valence-corrected chi connectivity index (χ1v) is 12.5. The van der Waals surface area contributed by atoms with E-state index in [4.69, 9.17) is 10.1 Å². The van der Waals surface area contributed by atoms with Gasteiger partial charge in [0.1, 0.15) is 5.82 Å². The molecule has 4 rings (SSSR count). The van der Waals surface area contributed by atoms with Gasteiger partial charge in [0.15, 0.2) is 5.69 Å². The van der Waals surface area contributed by atoms with E-state index in [0.29, 0.717) is 27.7 Å². The molecule has 0 unspecified atom stereocenters. The Hall–Kier alpha value is -3.52. The normalized spacial score (nSPS) is 12.7. The lowest BCUT2D eigenvalue weighted by atomic mass is 10.1. The van der Waals surface area contributed by atoms with Gasteiger partial charge in [-0.25, -0.2) is 18.7 Å². The van der Waals surface area contributed by atoms with Crippen LogP contribution < -0.4 is 10.4 Å². The van der Waals surface area contributed by atoms with Crippen molar-refractivity contribution in [2.45, 2.75) is 40.5 Å². The molecule has 0 amide bonds. The summed E-state index contributed by atoms with van der Waals surface area (Å²) in [6.07, 6.45) is 1.82. The maximum Gasteiger partial charge on any atom is 0.297 e. The van der Waals surface area contributed by atoms with Crippen molar-refractivity contribution < 1.29 is 4.39 Å². The average molecular weight is 492 g/mol. The smallest absolute Gasteiger partial charge is 0.283 e. The van der Waals surface area contributed by atoms with Crippen molar-refractivity contribution in [2.24, 2.45) is 23.1 Å². The third kappa shape index (κ3) is 5.12. The maximum absolute atomic E-state index is 14.7. The van der Waals surface area contributed by atoms with Crippen molar-refractivity contribution in [3.05, 3.63) is 86.6 Å². The summed E-state index contributed by atoms with van der Waals surface area (Å²) in [5.41, 5.74) is 3.57. The van der Waals surface area contributed by atoms with Gasteiger partial charge < -0.3 is 0 Å². The highest BCUT2D eigenvalue weighted by molar-refractivity contribution is 7.07. The number of halogens is 1. The number of rotatable bonds is 7. The lowest BCUT2D eigenvalue weighted by Gasteiger charge is -2.08. The molecule has 0 aliphatic carbocycles. The van der Waals surface area contributed by atoms with Crippen LogP contribution in [0, 0.1) is 18.7 Å². The van der Waals surface area contributed by atoms with Gasteiger partial charge in [-0.05, 0) is 56.9 Å². The summed E-state index contributed by atoms with van der Waals surface area (Å²) in [5, 5.41) is 6.66.